The summed E-state index contributed by atoms with van der Waals surface area (Å²) in [7, 11) is 1.69. The quantitative estimate of drug-likeness (QED) is 0.333. The number of rotatable bonds is 12. The molecule has 0 aromatic heterocycles. The van der Waals surface area contributed by atoms with Crippen molar-refractivity contribution < 1.29 is 9.47 Å². The zero-order chi connectivity index (χ0) is 20.1. The lowest BCUT2D eigenvalue weighted by Gasteiger charge is -2.16. The van der Waals surface area contributed by atoms with Gasteiger partial charge in [-0.1, -0.05) is 88.0 Å². The fraction of sp³-hybridized carbons (Fsp3) is 1.00. The van der Waals surface area contributed by atoms with Crippen molar-refractivity contribution in [2.45, 2.75) is 101 Å². The van der Waals surface area contributed by atoms with E-state index < -0.39 is 0 Å². The summed E-state index contributed by atoms with van der Waals surface area (Å²) in [6, 6.07) is 0. The van der Waals surface area contributed by atoms with Crippen LogP contribution < -0.4 is 0 Å². The lowest BCUT2D eigenvalue weighted by Crippen LogP contribution is -2.04. The molecule has 0 rings (SSSR count). The molecular weight excluding hydrogens is 308 g/mol. The maximum atomic E-state index is 5.26. The highest BCUT2D eigenvalue weighted by molar-refractivity contribution is 4.59. The Labute approximate surface area is 161 Å². The normalized spacial score (nSPS) is 11.9. The first kappa shape index (κ1) is 29.7. The first-order chi connectivity index (χ1) is 11.7. The molecule has 0 bridgehead atoms. The Balaban J connectivity index is -0.000000321. The van der Waals surface area contributed by atoms with Gasteiger partial charge in [0.1, 0.15) is 0 Å². The molecule has 0 amide bonds. The molecule has 0 aliphatic heterocycles. The molecule has 1 atom stereocenters. The molecule has 0 heterocycles. The largest absolute Gasteiger partial charge is 0.382 e. The van der Waals surface area contributed by atoms with Crippen LogP contribution in [-0.2, 0) is 9.47 Å². The summed E-state index contributed by atoms with van der Waals surface area (Å²) in [4.78, 5) is 0. The second-order valence-electron chi connectivity index (χ2n) is 8.57. The maximum absolute atomic E-state index is 5.26. The summed E-state index contributed by atoms with van der Waals surface area (Å²) in [5.41, 5.74) is 0. The molecule has 0 aromatic carbocycles. The molecule has 0 aliphatic carbocycles. The molecule has 1 unspecified atom stereocenters. The van der Waals surface area contributed by atoms with E-state index in [2.05, 4.69) is 62.3 Å². The average Bonchev–Trinajstić information content (AvgIpc) is 2.50. The summed E-state index contributed by atoms with van der Waals surface area (Å²) in [6.07, 6.45) is 8.17. The van der Waals surface area contributed by atoms with Crippen LogP contribution in [0.5, 0.6) is 0 Å². The van der Waals surface area contributed by atoms with Gasteiger partial charge >= 0.3 is 0 Å². The zero-order valence-electron chi connectivity index (χ0n) is 19.5. The maximum Gasteiger partial charge on any atom is 0.0700 e. The molecule has 0 aliphatic rings. The van der Waals surface area contributed by atoms with E-state index in [1.165, 1.54) is 32.1 Å². The third-order valence-electron chi connectivity index (χ3n) is 3.62. The Kier molecular flexibility index (Phi) is 28.4. The van der Waals surface area contributed by atoms with E-state index in [4.69, 9.17) is 9.47 Å². The number of unbranched alkanes of at least 4 members (excludes halogenated alkanes) is 1. The standard InChI is InChI=1S/C11H24.C8H18O2.C4H10/c1-5-7-8-11(6-2)9-10(3)4;1-8(2)4-5-10-7-6-9-3;1-4(2)3/h10-11H,5-9H2,1-4H3;8H,4-7H2,1-3H3;4H,1-3H3. The van der Waals surface area contributed by atoms with Gasteiger partial charge in [0.25, 0.3) is 0 Å². The summed E-state index contributed by atoms with van der Waals surface area (Å²) >= 11 is 0. The van der Waals surface area contributed by atoms with Crippen molar-refractivity contribution in [3.63, 3.8) is 0 Å². The molecule has 0 radical (unpaired) electrons. The molecule has 2 nitrogen and oxygen atoms in total. The van der Waals surface area contributed by atoms with Gasteiger partial charge in [0, 0.05) is 13.7 Å². The van der Waals surface area contributed by atoms with Crippen molar-refractivity contribution in [1.29, 1.82) is 0 Å². The molecule has 156 valence electrons. The van der Waals surface area contributed by atoms with Crippen LogP contribution in [0.15, 0.2) is 0 Å². The van der Waals surface area contributed by atoms with Crippen LogP contribution in [0.1, 0.15) is 101 Å². The second kappa shape index (κ2) is 23.9. The predicted octanol–water partition coefficient (Wildman–Crippen LogP) is 7.61. The second-order valence-corrected chi connectivity index (χ2v) is 8.57. The first-order valence-electron chi connectivity index (χ1n) is 10.8. The summed E-state index contributed by atoms with van der Waals surface area (Å²) in [5.74, 6) is 3.45. The Morgan fingerprint density at radius 2 is 1.28 bits per heavy atom. The van der Waals surface area contributed by atoms with E-state index >= 15 is 0 Å². The van der Waals surface area contributed by atoms with Gasteiger partial charge in [0.2, 0.25) is 0 Å². The number of hydrogen-bond acceptors (Lipinski definition) is 2. The van der Waals surface area contributed by atoms with Crippen LogP contribution in [0.3, 0.4) is 0 Å². The van der Waals surface area contributed by atoms with E-state index in [1.54, 1.807) is 7.11 Å². The van der Waals surface area contributed by atoms with E-state index in [0.717, 1.165) is 43.3 Å². The molecule has 0 saturated heterocycles. The van der Waals surface area contributed by atoms with Gasteiger partial charge in [-0.2, -0.15) is 0 Å². The van der Waals surface area contributed by atoms with Crippen molar-refractivity contribution in [3.05, 3.63) is 0 Å². The molecule has 0 N–H and O–H groups in total. The van der Waals surface area contributed by atoms with Crippen LogP contribution in [0.4, 0.5) is 0 Å². The van der Waals surface area contributed by atoms with Gasteiger partial charge in [0.15, 0.2) is 0 Å². The molecule has 0 aromatic rings. The van der Waals surface area contributed by atoms with Gasteiger partial charge in [-0.05, 0) is 36.5 Å². The van der Waals surface area contributed by atoms with E-state index in [9.17, 15) is 0 Å². The van der Waals surface area contributed by atoms with Crippen LogP contribution in [0.25, 0.3) is 0 Å². The fourth-order valence-corrected chi connectivity index (χ4v) is 2.21. The minimum atomic E-state index is 0.706. The number of methoxy groups -OCH3 is 1. The fourth-order valence-electron chi connectivity index (χ4n) is 2.21. The van der Waals surface area contributed by atoms with Crippen LogP contribution >= 0.6 is 0 Å². The van der Waals surface area contributed by atoms with Gasteiger partial charge < -0.3 is 9.47 Å². The molecule has 0 saturated carbocycles. The van der Waals surface area contributed by atoms with E-state index in [0.29, 0.717) is 6.61 Å². The first-order valence-corrected chi connectivity index (χ1v) is 10.8. The van der Waals surface area contributed by atoms with Crippen LogP contribution in [0, 0.1) is 23.7 Å². The Morgan fingerprint density at radius 3 is 1.64 bits per heavy atom. The van der Waals surface area contributed by atoms with Crippen molar-refractivity contribution in [1.82, 2.24) is 0 Å². The molecular formula is C23H52O2. The van der Waals surface area contributed by atoms with Gasteiger partial charge in [0.05, 0.1) is 13.2 Å². The van der Waals surface area contributed by atoms with Gasteiger partial charge in [-0.25, -0.2) is 0 Å². The predicted molar refractivity (Wildman–Crippen MR) is 115 cm³/mol. The number of ether oxygens (including phenoxy) is 2. The highest BCUT2D eigenvalue weighted by atomic mass is 16.5. The third-order valence-corrected chi connectivity index (χ3v) is 3.62. The van der Waals surface area contributed by atoms with E-state index in [1.807, 2.05) is 0 Å². The van der Waals surface area contributed by atoms with Crippen molar-refractivity contribution in [2.24, 2.45) is 23.7 Å². The average molecular weight is 361 g/mol. The lowest BCUT2D eigenvalue weighted by atomic mass is 9.90. The Morgan fingerprint density at radius 1 is 0.720 bits per heavy atom. The Hall–Kier alpha value is -0.0800. The SMILES string of the molecule is CC(C)C.CCCCC(CC)CC(C)C.COCCOCCC(C)C. The van der Waals surface area contributed by atoms with Crippen LogP contribution in [0.2, 0.25) is 0 Å². The molecule has 0 fully saturated rings. The number of hydrogen-bond donors (Lipinski definition) is 0. The smallest absolute Gasteiger partial charge is 0.0700 e. The summed E-state index contributed by atoms with van der Waals surface area (Å²) in [6.45, 7) is 22.4. The zero-order valence-corrected chi connectivity index (χ0v) is 19.5. The molecule has 2 heteroatoms. The van der Waals surface area contributed by atoms with Crippen molar-refractivity contribution >= 4 is 0 Å². The monoisotopic (exact) mass is 360 g/mol. The third kappa shape index (κ3) is 40.1. The highest BCUT2D eigenvalue weighted by Gasteiger charge is 2.07. The van der Waals surface area contributed by atoms with Gasteiger partial charge in [-0.15, -0.1) is 0 Å². The summed E-state index contributed by atoms with van der Waals surface area (Å²) in [5, 5.41) is 0. The minimum absolute atomic E-state index is 0.706. The van der Waals surface area contributed by atoms with E-state index in [-0.39, 0.29) is 0 Å². The van der Waals surface area contributed by atoms with Crippen LogP contribution in [-0.4, -0.2) is 26.9 Å². The van der Waals surface area contributed by atoms with Gasteiger partial charge in [-0.3, -0.25) is 0 Å². The summed E-state index contributed by atoms with van der Waals surface area (Å²) < 4.78 is 10.1. The van der Waals surface area contributed by atoms with Crippen molar-refractivity contribution in [3.8, 4) is 0 Å². The lowest BCUT2D eigenvalue weighted by molar-refractivity contribution is 0.0654. The highest BCUT2D eigenvalue weighted by Crippen LogP contribution is 2.20. The Bertz CT molecular complexity index is 209. The molecule has 0 spiro atoms. The minimum Gasteiger partial charge on any atom is -0.382 e. The van der Waals surface area contributed by atoms with Crippen molar-refractivity contribution in [2.75, 3.05) is 26.9 Å². The molecule has 25 heavy (non-hydrogen) atoms. The topological polar surface area (TPSA) is 18.5 Å².